The maximum Gasteiger partial charge on any atom is 0.511 e. The minimum absolute atomic E-state index is 0.0383. The summed E-state index contributed by atoms with van der Waals surface area (Å²) in [7, 11) is 0. The molecule has 1 aromatic carbocycles. The monoisotopic (exact) mass is 518 g/mol. The topological polar surface area (TPSA) is 46.5 Å². The summed E-state index contributed by atoms with van der Waals surface area (Å²) in [5.74, 6) is 2.37. The van der Waals surface area contributed by atoms with Crippen LogP contribution in [-0.2, 0) is 6.42 Å². The highest BCUT2D eigenvalue weighted by atomic mass is 19.1. The lowest BCUT2D eigenvalue weighted by molar-refractivity contribution is 0.144. The van der Waals surface area contributed by atoms with Crippen molar-refractivity contribution < 1.29 is 19.0 Å². The number of hydrogen-bond donors (Lipinski definition) is 1. The first kappa shape index (κ1) is 31.6. The van der Waals surface area contributed by atoms with E-state index in [-0.39, 0.29) is 11.6 Å². The lowest BCUT2D eigenvalue weighted by Crippen LogP contribution is -2.15. The van der Waals surface area contributed by atoms with Gasteiger partial charge in [-0.2, -0.15) is 0 Å². The van der Waals surface area contributed by atoms with E-state index >= 15 is 0 Å². The Morgan fingerprint density at radius 2 is 1.32 bits per heavy atom. The fourth-order valence-corrected chi connectivity index (χ4v) is 6.26. The van der Waals surface area contributed by atoms with E-state index in [1.807, 2.05) is 0 Å². The molecule has 0 bridgehead atoms. The first-order valence-electron chi connectivity index (χ1n) is 15.7. The molecule has 3 nitrogen and oxygen atoms in total. The predicted molar refractivity (Wildman–Crippen MR) is 153 cm³/mol. The van der Waals surface area contributed by atoms with Crippen LogP contribution in [0.1, 0.15) is 148 Å². The van der Waals surface area contributed by atoms with Crippen molar-refractivity contribution in [3.8, 4) is 5.75 Å². The van der Waals surface area contributed by atoms with Crippen molar-refractivity contribution in [1.29, 1.82) is 0 Å². The molecule has 2 saturated carbocycles. The number of carboxylic acid groups (broad SMARTS) is 1. The molecule has 2 fully saturated rings. The van der Waals surface area contributed by atoms with Crippen molar-refractivity contribution in [1.82, 2.24) is 0 Å². The van der Waals surface area contributed by atoms with Crippen molar-refractivity contribution in [3.05, 3.63) is 29.6 Å². The van der Waals surface area contributed by atoms with Gasteiger partial charge in [0.2, 0.25) is 0 Å². The van der Waals surface area contributed by atoms with E-state index in [0.29, 0.717) is 17.9 Å². The molecule has 0 heterocycles. The molecule has 0 unspecified atom stereocenters. The summed E-state index contributed by atoms with van der Waals surface area (Å²) in [4.78, 5) is 10.5. The van der Waals surface area contributed by atoms with E-state index in [2.05, 4.69) is 18.6 Å². The second-order valence-corrected chi connectivity index (χ2v) is 11.7. The van der Waals surface area contributed by atoms with Crippen LogP contribution in [0.4, 0.5) is 9.18 Å². The molecule has 0 radical (unpaired) electrons. The van der Waals surface area contributed by atoms with Gasteiger partial charge < -0.3 is 9.84 Å². The molecule has 2 aliphatic carbocycles. The quantitative estimate of drug-likeness (QED) is 0.151. The Labute approximate surface area is 227 Å². The third-order valence-corrected chi connectivity index (χ3v) is 8.67. The molecule has 0 spiro atoms. The van der Waals surface area contributed by atoms with Crippen molar-refractivity contribution in [2.75, 3.05) is 0 Å². The SMILES string of the molecule is CCCCCCCC1CCCCC1.CCCCC[C@H]1CC[C@H](CCc2ccc(OC(=O)O)cc2F)CC1. The highest BCUT2D eigenvalue weighted by Crippen LogP contribution is 2.34. The fourth-order valence-electron chi connectivity index (χ4n) is 6.26. The number of ether oxygens (including phenoxy) is 1. The maximum atomic E-state index is 14.0. The highest BCUT2D eigenvalue weighted by Gasteiger charge is 2.21. The molecule has 1 N–H and O–H groups in total. The maximum absolute atomic E-state index is 14.0. The average molecular weight is 519 g/mol. The number of benzene rings is 1. The number of hydrogen-bond acceptors (Lipinski definition) is 2. The van der Waals surface area contributed by atoms with E-state index in [4.69, 9.17) is 5.11 Å². The standard InChI is InChI=1S/C20H29FO3.C13H26/c1-2-3-4-5-15-6-8-16(9-7-15)10-11-17-12-13-18(14-19(17)21)24-20(22)23;1-2-3-4-5-7-10-13-11-8-6-9-12-13/h12-16H,2-11H2,1H3,(H,22,23);13H,2-12H2,1H3/t15-,16-;. The van der Waals surface area contributed by atoms with Crippen LogP contribution < -0.4 is 4.74 Å². The Balaban J connectivity index is 0.000000312. The van der Waals surface area contributed by atoms with Gasteiger partial charge in [0.1, 0.15) is 11.6 Å². The van der Waals surface area contributed by atoms with Gasteiger partial charge in [-0.25, -0.2) is 9.18 Å². The molecule has 212 valence electrons. The van der Waals surface area contributed by atoms with Crippen LogP contribution in [-0.4, -0.2) is 11.3 Å². The predicted octanol–water partition coefficient (Wildman–Crippen LogP) is 11.1. The van der Waals surface area contributed by atoms with Crippen molar-refractivity contribution in [2.45, 2.75) is 149 Å². The van der Waals surface area contributed by atoms with Crippen LogP contribution >= 0.6 is 0 Å². The van der Waals surface area contributed by atoms with E-state index in [9.17, 15) is 9.18 Å². The van der Waals surface area contributed by atoms with Crippen molar-refractivity contribution >= 4 is 6.16 Å². The number of unbranched alkanes of at least 4 members (excludes halogenated alkanes) is 6. The minimum Gasteiger partial charge on any atom is -0.449 e. The molecule has 1 aromatic rings. The zero-order valence-corrected chi connectivity index (χ0v) is 24.0. The van der Waals surface area contributed by atoms with Crippen LogP contribution in [0.15, 0.2) is 18.2 Å². The van der Waals surface area contributed by atoms with Gasteiger partial charge in [0.25, 0.3) is 0 Å². The molecule has 4 heteroatoms. The third-order valence-electron chi connectivity index (χ3n) is 8.67. The van der Waals surface area contributed by atoms with Gasteiger partial charge in [0.05, 0.1) is 0 Å². The lowest BCUT2D eigenvalue weighted by Gasteiger charge is -2.28. The Bertz CT molecular complexity index is 720. The molecule has 37 heavy (non-hydrogen) atoms. The van der Waals surface area contributed by atoms with Gasteiger partial charge in [-0.15, -0.1) is 0 Å². The molecule has 0 amide bonds. The number of aryl methyl sites for hydroxylation is 1. The zero-order chi connectivity index (χ0) is 26.7. The summed E-state index contributed by atoms with van der Waals surface area (Å²) in [5, 5.41) is 8.55. The number of rotatable bonds is 14. The van der Waals surface area contributed by atoms with Gasteiger partial charge in [-0.05, 0) is 42.2 Å². The Morgan fingerprint density at radius 1 is 0.784 bits per heavy atom. The fraction of sp³-hybridized carbons (Fsp3) is 0.788. The van der Waals surface area contributed by atoms with E-state index in [1.165, 1.54) is 128 Å². The van der Waals surface area contributed by atoms with Gasteiger partial charge >= 0.3 is 6.16 Å². The van der Waals surface area contributed by atoms with Crippen LogP contribution in [0, 0.1) is 23.6 Å². The molecular weight excluding hydrogens is 463 g/mol. The minimum atomic E-state index is -1.42. The molecule has 0 atom stereocenters. The second-order valence-electron chi connectivity index (χ2n) is 11.7. The van der Waals surface area contributed by atoms with E-state index in [0.717, 1.165) is 24.3 Å². The van der Waals surface area contributed by atoms with Crippen LogP contribution in [0.5, 0.6) is 5.75 Å². The second kappa shape index (κ2) is 19.5. The Hall–Kier alpha value is -1.58. The smallest absolute Gasteiger partial charge is 0.449 e. The van der Waals surface area contributed by atoms with Gasteiger partial charge in [0, 0.05) is 6.07 Å². The van der Waals surface area contributed by atoms with Gasteiger partial charge in [-0.1, -0.05) is 142 Å². The largest absolute Gasteiger partial charge is 0.511 e. The van der Waals surface area contributed by atoms with E-state index < -0.39 is 6.16 Å². The summed E-state index contributed by atoms with van der Waals surface area (Å²) >= 11 is 0. The molecular formula is C33H55FO3. The lowest BCUT2D eigenvalue weighted by atomic mass is 9.78. The van der Waals surface area contributed by atoms with Crippen LogP contribution in [0.2, 0.25) is 0 Å². The zero-order valence-electron chi connectivity index (χ0n) is 24.0. The first-order chi connectivity index (χ1) is 18.0. The van der Waals surface area contributed by atoms with Gasteiger partial charge in [0.15, 0.2) is 0 Å². The summed E-state index contributed by atoms with van der Waals surface area (Å²) in [5.41, 5.74) is 0.651. The Kier molecular flexibility index (Phi) is 16.7. The van der Waals surface area contributed by atoms with Crippen molar-refractivity contribution in [2.24, 2.45) is 17.8 Å². The highest BCUT2D eigenvalue weighted by molar-refractivity contribution is 5.61. The molecule has 0 aliphatic heterocycles. The molecule has 3 rings (SSSR count). The normalized spacial score (nSPS) is 20.2. The van der Waals surface area contributed by atoms with Crippen LogP contribution in [0.25, 0.3) is 0 Å². The van der Waals surface area contributed by atoms with Crippen LogP contribution in [0.3, 0.4) is 0 Å². The average Bonchev–Trinajstić information content (AvgIpc) is 2.90. The molecule has 0 saturated heterocycles. The molecule has 2 aliphatic rings. The number of halogens is 1. The molecule has 0 aromatic heterocycles. The summed E-state index contributed by atoms with van der Waals surface area (Å²) < 4.78 is 18.5. The van der Waals surface area contributed by atoms with E-state index in [1.54, 1.807) is 6.07 Å². The van der Waals surface area contributed by atoms with Gasteiger partial charge in [-0.3, -0.25) is 0 Å². The third kappa shape index (κ3) is 14.2. The Morgan fingerprint density at radius 3 is 1.92 bits per heavy atom. The summed E-state index contributed by atoms with van der Waals surface area (Å²) in [6.45, 7) is 4.54. The summed E-state index contributed by atoms with van der Waals surface area (Å²) in [6.07, 6.45) is 27.3. The van der Waals surface area contributed by atoms with Crippen molar-refractivity contribution in [3.63, 3.8) is 0 Å². The summed E-state index contributed by atoms with van der Waals surface area (Å²) in [6, 6.07) is 4.33. The first-order valence-corrected chi connectivity index (χ1v) is 15.7. The number of carbonyl (C=O) groups is 1.